The largest absolute Gasteiger partial charge is 0.340 e. The number of aromatic nitrogens is 2. The van der Waals surface area contributed by atoms with Crippen LogP contribution in [0.25, 0.3) is 16.6 Å². The van der Waals surface area contributed by atoms with Crippen LogP contribution in [0.15, 0.2) is 52.4 Å². The molecule has 0 unspecified atom stereocenters. The summed E-state index contributed by atoms with van der Waals surface area (Å²) in [5.74, 6) is -0.150. The van der Waals surface area contributed by atoms with E-state index in [1.807, 2.05) is 50.3 Å². The number of fused-ring (bicyclic) bond motifs is 1. The van der Waals surface area contributed by atoms with E-state index < -0.39 is 0 Å². The molecule has 3 rings (SSSR count). The van der Waals surface area contributed by atoms with E-state index in [4.69, 9.17) is 15.5 Å². The Morgan fingerprint density at radius 1 is 1.03 bits per heavy atom. The van der Waals surface area contributed by atoms with Crippen molar-refractivity contribution in [1.29, 1.82) is 10.5 Å². The molecule has 0 spiro atoms. The van der Waals surface area contributed by atoms with Gasteiger partial charge in [-0.25, -0.2) is 4.98 Å². The minimum absolute atomic E-state index is 0.0482. The van der Waals surface area contributed by atoms with Crippen LogP contribution in [-0.4, -0.2) is 39.2 Å². The van der Waals surface area contributed by atoms with Crippen molar-refractivity contribution in [3.63, 3.8) is 0 Å². The minimum atomic E-state index is -0.198. The van der Waals surface area contributed by atoms with Crippen molar-refractivity contribution < 1.29 is 4.79 Å². The Labute approximate surface area is 190 Å². The van der Waals surface area contributed by atoms with E-state index in [2.05, 4.69) is 0 Å². The minimum Gasteiger partial charge on any atom is -0.340 e. The summed E-state index contributed by atoms with van der Waals surface area (Å²) in [6, 6.07) is 17.0. The molecular formula is C24H23N5O2S. The Morgan fingerprint density at radius 3 is 2.28 bits per heavy atom. The van der Waals surface area contributed by atoms with Crippen molar-refractivity contribution >= 4 is 28.6 Å². The third kappa shape index (κ3) is 4.99. The van der Waals surface area contributed by atoms with Crippen LogP contribution in [0.2, 0.25) is 0 Å². The number of aryl methyl sites for hydroxylation is 2. The Hall–Kier alpha value is -3.62. The number of nitriles is 2. The van der Waals surface area contributed by atoms with Gasteiger partial charge in [-0.2, -0.15) is 10.5 Å². The predicted octanol–water partition coefficient (Wildman–Crippen LogP) is 3.75. The molecule has 0 radical (unpaired) electrons. The number of para-hydroxylation sites is 2. The van der Waals surface area contributed by atoms with Crippen LogP contribution in [0.4, 0.5) is 0 Å². The number of carbonyl (C=O) groups is 1. The van der Waals surface area contributed by atoms with Crippen LogP contribution in [0, 0.1) is 36.5 Å². The van der Waals surface area contributed by atoms with Gasteiger partial charge in [0, 0.05) is 13.1 Å². The second-order valence-corrected chi connectivity index (χ2v) is 8.22. The summed E-state index contributed by atoms with van der Waals surface area (Å²) >= 11 is 1.19. The number of hydrogen-bond acceptors (Lipinski definition) is 6. The Bertz CT molecular complexity index is 1250. The highest BCUT2D eigenvalue weighted by molar-refractivity contribution is 7.99. The van der Waals surface area contributed by atoms with Crippen LogP contribution in [0.3, 0.4) is 0 Å². The molecule has 162 valence electrons. The molecule has 0 aliphatic rings. The molecule has 0 aliphatic carbocycles. The van der Waals surface area contributed by atoms with Gasteiger partial charge in [0.25, 0.3) is 5.56 Å². The zero-order valence-electron chi connectivity index (χ0n) is 18.0. The zero-order chi connectivity index (χ0) is 23.1. The number of hydrogen-bond donors (Lipinski definition) is 0. The maximum absolute atomic E-state index is 13.5. The van der Waals surface area contributed by atoms with Gasteiger partial charge in [0.15, 0.2) is 5.16 Å². The molecule has 7 nitrogen and oxygen atoms in total. The van der Waals surface area contributed by atoms with Gasteiger partial charge in [-0.3, -0.25) is 14.2 Å². The first kappa shape index (κ1) is 23.1. The molecule has 0 bridgehead atoms. The van der Waals surface area contributed by atoms with E-state index in [0.717, 1.165) is 16.8 Å². The summed E-state index contributed by atoms with van der Waals surface area (Å²) in [6.45, 7) is 4.42. The average Bonchev–Trinajstić information content (AvgIpc) is 2.79. The van der Waals surface area contributed by atoms with E-state index in [1.54, 1.807) is 22.8 Å². The molecule has 0 fully saturated rings. The van der Waals surface area contributed by atoms with Gasteiger partial charge in [0.05, 0.1) is 47.3 Å². The average molecular weight is 446 g/mol. The molecule has 3 aromatic rings. The van der Waals surface area contributed by atoms with Gasteiger partial charge in [0.2, 0.25) is 5.91 Å². The van der Waals surface area contributed by atoms with Gasteiger partial charge in [-0.1, -0.05) is 42.1 Å². The topological polar surface area (TPSA) is 103 Å². The lowest BCUT2D eigenvalue weighted by atomic mass is 10.1. The fourth-order valence-electron chi connectivity index (χ4n) is 3.51. The van der Waals surface area contributed by atoms with Crippen LogP contribution >= 0.6 is 11.8 Å². The van der Waals surface area contributed by atoms with Gasteiger partial charge >= 0.3 is 0 Å². The fraction of sp³-hybridized carbons (Fsp3) is 0.292. The molecule has 0 saturated carbocycles. The SMILES string of the molecule is Cc1cccc(C)c1-n1c(SCC(=O)N(CCC#N)CCC#N)nc2ccccc2c1=O. The number of rotatable bonds is 8. The van der Waals surface area contributed by atoms with Gasteiger partial charge in [-0.15, -0.1) is 0 Å². The first-order chi connectivity index (χ1) is 15.5. The number of nitrogens with zero attached hydrogens (tertiary/aromatic N) is 5. The maximum atomic E-state index is 13.5. The number of thioether (sulfide) groups is 1. The summed E-state index contributed by atoms with van der Waals surface area (Å²) in [6.07, 6.45) is 0.395. The lowest BCUT2D eigenvalue weighted by Gasteiger charge is -2.21. The van der Waals surface area contributed by atoms with Crippen molar-refractivity contribution in [3.8, 4) is 17.8 Å². The molecule has 8 heteroatoms. The molecule has 0 atom stereocenters. The smallest absolute Gasteiger partial charge is 0.266 e. The molecule has 32 heavy (non-hydrogen) atoms. The van der Waals surface area contributed by atoms with E-state index in [9.17, 15) is 9.59 Å². The van der Waals surface area contributed by atoms with E-state index in [-0.39, 0.29) is 43.2 Å². The van der Waals surface area contributed by atoms with Gasteiger partial charge in [0.1, 0.15) is 0 Å². The first-order valence-corrected chi connectivity index (χ1v) is 11.2. The lowest BCUT2D eigenvalue weighted by Crippen LogP contribution is -2.34. The number of carbonyl (C=O) groups excluding carboxylic acids is 1. The van der Waals surface area contributed by atoms with Crippen molar-refractivity contribution in [3.05, 3.63) is 63.9 Å². The lowest BCUT2D eigenvalue weighted by molar-refractivity contribution is -0.128. The van der Waals surface area contributed by atoms with Crippen molar-refractivity contribution in [2.75, 3.05) is 18.8 Å². The normalized spacial score (nSPS) is 10.5. The zero-order valence-corrected chi connectivity index (χ0v) is 18.9. The summed E-state index contributed by atoms with van der Waals surface area (Å²) < 4.78 is 1.58. The predicted molar refractivity (Wildman–Crippen MR) is 125 cm³/mol. The molecule has 0 saturated heterocycles. The highest BCUT2D eigenvalue weighted by Crippen LogP contribution is 2.25. The highest BCUT2D eigenvalue weighted by atomic mass is 32.2. The maximum Gasteiger partial charge on any atom is 0.266 e. The van der Waals surface area contributed by atoms with Crippen molar-refractivity contribution in [1.82, 2.24) is 14.5 Å². The van der Waals surface area contributed by atoms with Crippen LogP contribution in [-0.2, 0) is 4.79 Å². The summed E-state index contributed by atoms with van der Waals surface area (Å²) in [7, 11) is 0. The second kappa shape index (κ2) is 10.6. The molecule has 1 aromatic heterocycles. The molecule has 1 amide bonds. The number of benzene rings is 2. The molecule has 0 N–H and O–H groups in total. The van der Waals surface area contributed by atoms with Crippen LogP contribution in [0.5, 0.6) is 0 Å². The van der Waals surface area contributed by atoms with Crippen LogP contribution in [0.1, 0.15) is 24.0 Å². The Morgan fingerprint density at radius 2 is 1.66 bits per heavy atom. The molecular weight excluding hydrogens is 422 g/mol. The van der Waals surface area contributed by atoms with Gasteiger partial charge < -0.3 is 4.90 Å². The standard InChI is InChI=1S/C24H23N5O2S/c1-17-8-5-9-18(2)22(17)29-23(31)19-10-3-4-11-20(19)27-24(29)32-16-21(30)28(14-6-12-25)15-7-13-26/h3-5,8-11H,6-7,14-16H2,1-2H3. The third-order valence-corrected chi connectivity index (χ3v) is 6.00. The second-order valence-electron chi connectivity index (χ2n) is 7.28. The van der Waals surface area contributed by atoms with Crippen LogP contribution < -0.4 is 5.56 Å². The monoisotopic (exact) mass is 445 g/mol. The number of amides is 1. The quantitative estimate of drug-likeness (QED) is 0.386. The first-order valence-electron chi connectivity index (χ1n) is 10.2. The van der Waals surface area contributed by atoms with Crippen molar-refractivity contribution in [2.45, 2.75) is 31.8 Å². The molecule has 0 aliphatic heterocycles. The summed E-state index contributed by atoms with van der Waals surface area (Å²) in [5, 5.41) is 18.7. The highest BCUT2D eigenvalue weighted by Gasteiger charge is 2.19. The Balaban J connectivity index is 2.02. The fourth-order valence-corrected chi connectivity index (χ4v) is 4.41. The van der Waals surface area contributed by atoms with E-state index >= 15 is 0 Å². The summed E-state index contributed by atoms with van der Waals surface area (Å²) in [5.41, 5.74) is 3.01. The Kier molecular flexibility index (Phi) is 7.64. The molecule has 2 aromatic carbocycles. The van der Waals surface area contributed by atoms with E-state index in [1.165, 1.54) is 16.7 Å². The molecule has 1 heterocycles. The van der Waals surface area contributed by atoms with Crippen molar-refractivity contribution in [2.24, 2.45) is 0 Å². The van der Waals surface area contributed by atoms with Gasteiger partial charge in [-0.05, 0) is 37.1 Å². The summed E-state index contributed by atoms with van der Waals surface area (Å²) in [4.78, 5) is 32.5. The third-order valence-electron chi connectivity index (χ3n) is 5.07. The van der Waals surface area contributed by atoms with E-state index in [0.29, 0.717) is 16.1 Å².